The Bertz CT molecular complexity index is 704. The summed E-state index contributed by atoms with van der Waals surface area (Å²) in [6.45, 7) is 3.68. The van der Waals surface area contributed by atoms with Gasteiger partial charge in [-0.15, -0.1) is 0 Å². The van der Waals surface area contributed by atoms with Gasteiger partial charge >= 0.3 is 0 Å². The summed E-state index contributed by atoms with van der Waals surface area (Å²) in [4.78, 5) is 1.66. The molecule has 0 saturated heterocycles. The quantitative estimate of drug-likeness (QED) is 0.780. The van der Waals surface area contributed by atoms with Crippen molar-refractivity contribution in [3.63, 3.8) is 0 Å². The van der Waals surface area contributed by atoms with Gasteiger partial charge in [-0.25, -0.2) is 0 Å². The summed E-state index contributed by atoms with van der Waals surface area (Å²) in [6, 6.07) is 18.3. The lowest BCUT2D eigenvalue weighted by molar-refractivity contribution is 0.660. The topological polar surface area (TPSA) is 42.7 Å². The van der Waals surface area contributed by atoms with Gasteiger partial charge in [0.25, 0.3) is 0 Å². The molecule has 2 aromatic carbocycles. The van der Waals surface area contributed by atoms with Crippen LogP contribution in [0, 0.1) is 6.92 Å². The summed E-state index contributed by atoms with van der Waals surface area (Å²) in [7, 11) is 0. The van der Waals surface area contributed by atoms with E-state index in [2.05, 4.69) is 46.7 Å². The van der Waals surface area contributed by atoms with Crippen molar-refractivity contribution in [2.24, 2.45) is 0 Å². The molecule has 0 saturated carbocycles. The van der Waals surface area contributed by atoms with Crippen LogP contribution < -0.4 is 5.32 Å². The Labute approximate surface area is 124 Å². The fourth-order valence-corrected chi connectivity index (χ4v) is 2.20. The van der Waals surface area contributed by atoms with Crippen molar-refractivity contribution in [2.75, 3.05) is 0 Å². The first-order valence-corrected chi connectivity index (χ1v) is 7.05. The minimum atomic E-state index is 0.709. The average Bonchev–Trinajstić information content (AvgIpc) is 2.99. The highest BCUT2D eigenvalue weighted by molar-refractivity contribution is 5.28. The molecular weight excluding hydrogens is 260 g/mol. The smallest absolute Gasteiger partial charge is 0.0969 e. The second-order valence-electron chi connectivity index (χ2n) is 4.99. The van der Waals surface area contributed by atoms with Crippen molar-refractivity contribution in [2.45, 2.75) is 20.0 Å². The number of para-hydroxylation sites is 1. The van der Waals surface area contributed by atoms with E-state index in [-0.39, 0.29) is 0 Å². The number of aryl methyl sites for hydroxylation is 1. The molecule has 21 heavy (non-hydrogen) atoms. The Balaban J connectivity index is 1.60. The van der Waals surface area contributed by atoms with Crippen LogP contribution in [0.3, 0.4) is 0 Å². The minimum Gasteiger partial charge on any atom is -0.307 e. The maximum atomic E-state index is 4.48. The largest absolute Gasteiger partial charge is 0.307 e. The van der Waals surface area contributed by atoms with Crippen molar-refractivity contribution in [3.8, 4) is 5.69 Å². The van der Waals surface area contributed by atoms with E-state index < -0.39 is 0 Å². The Hall–Kier alpha value is -2.46. The first-order chi connectivity index (χ1) is 10.3. The van der Waals surface area contributed by atoms with Crippen LogP contribution in [-0.2, 0) is 13.1 Å². The predicted molar refractivity (Wildman–Crippen MR) is 83.1 cm³/mol. The number of rotatable bonds is 5. The minimum absolute atomic E-state index is 0.709. The molecule has 1 aromatic heterocycles. The molecule has 0 aliphatic heterocycles. The van der Waals surface area contributed by atoms with E-state index in [1.165, 1.54) is 11.1 Å². The van der Waals surface area contributed by atoms with Crippen LogP contribution >= 0.6 is 0 Å². The highest BCUT2D eigenvalue weighted by atomic mass is 15.5. The first kappa shape index (κ1) is 13.5. The van der Waals surface area contributed by atoms with Gasteiger partial charge in [0.2, 0.25) is 0 Å². The van der Waals surface area contributed by atoms with Gasteiger partial charge in [0.1, 0.15) is 0 Å². The fraction of sp³-hybridized carbons (Fsp3) is 0.176. The summed E-state index contributed by atoms with van der Waals surface area (Å²) in [5, 5.41) is 12.2. The van der Waals surface area contributed by atoms with Crippen molar-refractivity contribution < 1.29 is 0 Å². The molecule has 106 valence electrons. The SMILES string of the molecule is Cc1ccccc1CNCc1cnn(-c2ccccc2)n1. The van der Waals surface area contributed by atoms with Crippen LogP contribution in [0.2, 0.25) is 0 Å². The van der Waals surface area contributed by atoms with E-state index in [0.29, 0.717) is 6.54 Å². The first-order valence-electron chi connectivity index (χ1n) is 7.05. The number of hydrogen-bond acceptors (Lipinski definition) is 3. The van der Waals surface area contributed by atoms with Crippen LogP contribution in [0.25, 0.3) is 5.69 Å². The molecule has 0 aliphatic rings. The third-order valence-electron chi connectivity index (χ3n) is 3.41. The summed E-state index contributed by atoms with van der Waals surface area (Å²) in [5.74, 6) is 0. The Morgan fingerprint density at radius 3 is 2.52 bits per heavy atom. The molecule has 3 rings (SSSR count). The lowest BCUT2D eigenvalue weighted by Gasteiger charge is -2.05. The van der Waals surface area contributed by atoms with Gasteiger partial charge in [0, 0.05) is 13.1 Å². The summed E-state index contributed by atoms with van der Waals surface area (Å²) >= 11 is 0. The molecule has 4 nitrogen and oxygen atoms in total. The van der Waals surface area contributed by atoms with Crippen molar-refractivity contribution in [1.82, 2.24) is 20.3 Å². The zero-order chi connectivity index (χ0) is 14.5. The molecular formula is C17H18N4. The molecule has 0 unspecified atom stereocenters. The van der Waals surface area contributed by atoms with Gasteiger partial charge in [-0.05, 0) is 30.2 Å². The highest BCUT2D eigenvalue weighted by Crippen LogP contribution is 2.07. The van der Waals surface area contributed by atoms with Crippen molar-refractivity contribution in [1.29, 1.82) is 0 Å². The normalized spacial score (nSPS) is 10.7. The van der Waals surface area contributed by atoms with Crippen LogP contribution in [-0.4, -0.2) is 15.0 Å². The van der Waals surface area contributed by atoms with Crippen LogP contribution in [0.15, 0.2) is 60.8 Å². The van der Waals surface area contributed by atoms with E-state index in [4.69, 9.17) is 0 Å². The predicted octanol–water partition coefficient (Wildman–Crippen LogP) is 2.87. The Morgan fingerprint density at radius 2 is 1.71 bits per heavy atom. The van der Waals surface area contributed by atoms with E-state index in [1.807, 2.05) is 30.3 Å². The van der Waals surface area contributed by atoms with Gasteiger partial charge < -0.3 is 5.32 Å². The molecule has 0 amide bonds. The van der Waals surface area contributed by atoms with Gasteiger partial charge in [-0.1, -0.05) is 42.5 Å². The molecule has 3 aromatic rings. The molecule has 0 aliphatic carbocycles. The van der Waals surface area contributed by atoms with Gasteiger partial charge in [-0.3, -0.25) is 0 Å². The Kier molecular flexibility index (Phi) is 4.07. The maximum absolute atomic E-state index is 4.48. The van der Waals surface area contributed by atoms with Crippen molar-refractivity contribution in [3.05, 3.63) is 77.6 Å². The second kappa shape index (κ2) is 6.33. The zero-order valence-electron chi connectivity index (χ0n) is 12.0. The lowest BCUT2D eigenvalue weighted by Crippen LogP contribution is -2.14. The van der Waals surface area contributed by atoms with E-state index in [1.54, 1.807) is 11.0 Å². The molecule has 0 radical (unpaired) electrons. The number of nitrogens with one attached hydrogen (secondary N) is 1. The maximum Gasteiger partial charge on any atom is 0.0969 e. The monoisotopic (exact) mass is 278 g/mol. The zero-order valence-corrected chi connectivity index (χ0v) is 12.0. The fourth-order valence-electron chi connectivity index (χ4n) is 2.20. The number of hydrogen-bond donors (Lipinski definition) is 1. The Morgan fingerprint density at radius 1 is 0.952 bits per heavy atom. The summed E-state index contributed by atoms with van der Waals surface area (Å²) in [6.07, 6.45) is 1.80. The molecule has 0 bridgehead atoms. The van der Waals surface area contributed by atoms with Gasteiger partial charge in [-0.2, -0.15) is 15.0 Å². The third kappa shape index (κ3) is 3.35. The van der Waals surface area contributed by atoms with Crippen molar-refractivity contribution >= 4 is 0 Å². The van der Waals surface area contributed by atoms with Crippen LogP contribution in [0.4, 0.5) is 0 Å². The molecule has 4 heteroatoms. The number of aromatic nitrogens is 3. The molecule has 0 atom stereocenters. The van der Waals surface area contributed by atoms with Crippen LogP contribution in [0.5, 0.6) is 0 Å². The third-order valence-corrected chi connectivity index (χ3v) is 3.41. The summed E-state index contributed by atoms with van der Waals surface area (Å²) in [5.41, 5.74) is 4.53. The lowest BCUT2D eigenvalue weighted by atomic mass is 10.1. The molecule has 1 N–H and O–H groups in total. The second-order valence-corrected chi connectivity index (χ2v) is 4.99. The van der Waals surface area contributed by atoms with E-state index >= 15 is 0 Å². The molecule has 0 spiro atoms. The van der Waals surface area contributed by atoms with Gasteiger partial charge in [0.15, 0.2) is 0 Å². The highest BCUT2D eigenvalue weighted by Gasteiger charge is 2.03. The van der Waals surface area contributed by atoms with E-state index in [0.717, 1.165) is 17.9 Å². The standard InChI is InChI=1S/C17H18N4/c1-14-7-5-6-8-15(14)11-18-12-16-13-19-21(20-16)17-9-3-2-4-10-17/h2-10,13,18H,11-12H2,1H3. The van der Waals surface area contributed by atoms with Gasteiger partial charge in [0.05, 0.1) is 17.6 Å². The summed E-state index contributed by atoms with van der Waals surface area (Å²) < 4.78 is 0. The van der Waals surface area contributed by atoms with Crippen LogP contribution in [0.1, 0.15) is 16.8 Å². The average molecular weight is 278 g/mol. The number of nitrogens with zero attached hydrogens (tertiary/aromatic N) is 3. The van der Waals surface area contributed by atoms with E-state index in [9.17, 15) is 0 Å². The molecule has 0 fully saturated rings. The molecule has 1 heterocycles. The number of benzene rings is 2.